The molecule has 0 amide bonds. The number of carbonyl (C=O) groups excluding carboxylic acids is 1. The van der Waals surface area contributed by atoms with E-state index in [2.05, 4.69) is 19.7 Å². The number of hydrogen-bond acceptors (Lipinski definition) is 3. The molecule has 0 aromatic heterocycles. The summed E-state index contributed by atoms with van der Waals surface area (Å²) in [5.74, 6) is -0.565. The topological polar surface area (TPSA) is 76.2 Å². The Balaban J connectivity index is 4.69. The molecule has 0 heterocycles. The molecule has 0 radical (unpaired) electrons. The normalized spacial score (nSPS) is 11.5. The molecule has 0 saturated carbocycles. The van der Waals surface area contributed by atoms with E-state index in [0.29, 0.717) is 11.1 Å². The summed E-state index contributed by atoms with van der Waals surface area (Å²) in [7, 11) is 0. The number of nitrogens with two attached hydrogens (primary N) is 1. The second-order valence-electron chi connectivity index (χ2n) is 3.49. The lowest BCUT2D eigenvalue weighted by Gasteiger charge is -2.04. The summed E-state index contributed by atoms with van der Waals surface area (Å²) < 4.78 is 5.01. The Kier molecular flexibility index (Phi) is 7.30. The van der Waals surface area contributed by atoms with Gasteiger partial charge in [0, 0.05) is 5.57 Å². The summed E-state index contributed by atoms with van der Waals surface area (Å²) in [5, 5.41) is 7.12. The fourth-order valence-corrected chi connectivity index (χ4v) is 0.993. The molecule has 0 atom stereocenters. The second-order valence-corrected chi connectivity index (χ2v) is 3.49. The van der Waals surface area contributed by atoms with Crippen molar-refractivity contribution in [3.8, 4) is 0 Å². The molecule has 0 aliphatic heterocycles. The number of hydrogen-bond donors (Lipinski definition) is 2. The van der Waals surface area contributed by atoms with Gasteiger partial charge in [0.25, 0.3) is 0 Å². The Morgan fingerprint density at radius 3 is 2.37 bits per heavy atom. The summed E-state index contributed by atoms with van der Waals surface area (Å²) in [5.41, 5.74) is 5.89. The summed E-state index contributed by atoms with van der Waals surface area (Å²) >= 11 is 0. The Morgan fingerprint density at radius 1 is 1.26 bits per heavy atom. The molecule has 4 nitrogen and oxygen atoms in total. The third kappa shape index (κ3) is 6.63. The smallest absolute Gasteiger partial charge is 0.343 e. The number of allylic oxidation sites excluding steroid dienone is 4. The van der Waals surface area contributed by atoms with Crippen molar-refractivity contribution in [2.24, 2.45) is 5.73 Å². The van der Waals surface area contributed by atoms with E-state index in [1.54, 1.807) is 19.1 Å². The van der Waals surface area contributed by atoms with E-state index in [1.165, 1.54) is 24.3 Å². The van der Waals surface area contributed by atoms with Gasteiger partial charge in [-0.25, -0.2) is 4.79 Å². The standard InChI is InChI=1S/C15H18N2O2/c1-5-7-13(8-6-2)15(18)19-12(4)10-9-11(3)14(16)17/h5-10H,1,3-4H2,2H3,(H3,16,17)/b8-6-,10-9-,13-7+. The first-order valence-corrected chi connectivity index (χ1v) is 5.50. The number of nitrogens with one attached hydrogen (secondary N) is 1. The van der Waals surface area contributed by atoms with Crippen molar-refractivity contribution in [2.75, 3.05) is 0 Å². The van der Waals surface area contributed by atoms with E-state index in [-0.39, 0.29) is 11.6 Å². The highest BCUT2D eigenvalue weighted by atomic mass is 16.5. The monoisotopic (exact) mass is 258 g/mol. The van der Waals surface area contributed by atoms with Gasteiger partial charge in [-0.3, -0.25) is 5.41 Å². The van der Waals surface area contributed by atoms with Crippen molar-refractivity contribution in [1.29, 1.82) is 5.41 Å². The van der Waals surface area contributed by atoms with Crippen LogP contribution < -0.4 is 5.73 Å². The third-order valence-electron chi connectivity index (χ3n) is 1.92. The Labute approximate surface area is 113 Å². The molecular weight excluding hydrogens is 240 g/mol. The van der Waals surface area contributed by atoms with Crippen LogP contribution in [0.5, 0.6) is 0 Å². The van der Waals surface area contributed by atoms with Crippen LogP contribution in [0, 0.1) is 5.41 Å². The molecule has 0 unspecified atom stereocenters. The van der Waals surface area contributed by atoms with E-state index < -0.39 is 5.97 Å². The highest BCUT2D eigenvalue weighted by Crippen LogP contribution is 2.07. The highest BCUT2D eigenvalue weighted by Gasteiger charge is 2.07. The van der Waals surface area contributed by atoms with E-state index in [0.717, 1.165) is 0 Å². The van der Waals surface area contributed by atoms with Gasteiger partial charge >= 0.3 is 5.97 Å². The largest absolute Gasteiger partial charge is 0.424 e. The average Bonchev–Trinajstić information content (AvgIpc) is 2.35. The van der Waals surface area contributed by atoms with Crippen LogP contribution in [0.1, 0.15) is 6.92 Å². The first-order valence-electron chi connectivity index (χ1n) is 5.50. The number of esters is 1. The molecule has 0 fully saturated rings. The third-order valence-corrected chi connectivity index (χ3v) is 1.92. The second kappa shape index (κ2) is 8.47. The number of ether oxygens (including phenoxy) is 1. The van der Waals surface area contributed by atoms with Gasteiger partial charge in [0.05, 0.1) is 5.57 Å². The van der Waals surface area contributed by atoms with Crippen LogP contribution in [-0.4, -0.2) is 11.8 Å². The van der Waals surface area contributed by atoms with Crippen molar-refractivity contribution in [1.82, 2.24) is 0 Å². The molecule has 4 heteroatoms. The van der Waals surface area contributed by atoms with Crippen LogP contribution in [0.3, 0.4) is 0 Å². The Hall–Kier alpha value is -2.62. The molecule has 0 bridgehead atoms. The van der Waals surface area contributed by atoms with Crippen LogP contribution in [0.25, 0.3) is 0 Å². The SMILES string of the molecule is C=C/C=C(\C=C/C)C(=O)OC(=C)/C=C\C(=C)C(=N)N. The van der Waals surface area contributed by atoms with Gasteiger partial charge < -0.3 is 10.5 Å². The summed E-state index contributed by atoms with van der Waals surface area (Å²) in [6.45, 7) is 12.4. The summed E-state index contributed by atoms with van der Waals surface area (Å²) in [6.07, 6.45) is 9.22. The molecule has 19 heavy (non-hydrogen) atoms. The van der Waals surface area contributed by atoms with E-state index in [9.17, 15) is 4.79 Å². The van der Waals surface area contributed by atoms with Crippen LogP contribution in [-0.2, 0) is 9.53 Å². The van der Waals surface area contributed by atoms with E-state index in [1.807, 2.05) is 0 Å². The minimum absolute atomic E-state index is 0.131. The fourth-order valence-electron chi connectivity index (χ4n) is 0.993. The quantitative estimate of drug-likeness (QED) is 0.184. The maximum absolute atomic E-state index is 11.7. The predicted octanol–water partition coefficient (Wildman–Crippen LogP) is 2.78. The highest BCUT2D eigenvalue weighted by molar-refractivity contribution is 5.96. The summed E-state index contributed by atoms with van der Waals surface area (Å²) in [6, 6.07) is 0. The van der Waals surface area contributed by atoms with Crippen molar-refractivity contribution in [2.45, 2.75) is 6.92 Å². The van der Waals surface area contributed by atoms with Crippen molar-refractivity contribution in [3.63, 3.8) is 0 Å². The van der Waals surface area contributed by atoms with Crippen molar-refractivity contribution < 1.29 is 9.53 Å². The Morgan fingerprint density at radius 2 is 1.89 bits per heavy atom. The number of amidine groups is 1. The Bertz CT molecular complexity index is 494. The molecule has 0 aromatic carbocycles. The van der Waals surface area contributed by atoms with Crippen LogP contribution in [0.15, 0.2) is 73.1 Å². The summed E-state index contributed by atoms with van der Waals surface area (Å²) in [4.78, 5) is 11.7. The first-order chi connectivity index (χ1) is 8.92. The minimum atomic E-state index is -0.541. The molecule has 100 valence electrons. The lowest BCUT2D eigenvalue weighted by atomic mass is 10.2. The van der Waals surface area contributed by atoms with Gasteiger partial charge in [-0.05, 0) is 25.2 Å². The van der Waals surface area contributed by atoms with Gasteiger partial charge in [0.15, 0.2) is 0 Å². The zero-order valence-corrected chi connectivity index (χ0v) is 11.0. The molecule has 0 spiro atoms. The molecule has 0 aromatic rings. The fraction of sp³-hybridized carbons (Fsp3) is 0.0667. The lowest BCUT2D eigenvalue weighted by molar-refractivity contribution is -0.134. The molecule has 0 aliphatic rings. The zero-order chi connectivity index (χ0) is 14.8. The van der Waals surface area contributed by atoms with Gasteiger partial charge in [-0.15, -0.1) is 0 Å². The van der Waals surface area contributed by atoms with Crippen LogP contribution in [0.2, 0.25) is 0 Å². The predicted molar refractivity (Wildman–Crippen MR) is 78.5 cm³/mol. The van der Waals surface area contributed by atoms with Crippen molar-refractivity contribution in [3.05, 3.63) is 73.1 Å². The van der Waals surface area contributed by atoms with Crippen molar-refractivity contribution >= 4 is 11.8 Å². The van der Waals surface area contributed by atoms with Gasteiger partial charge in [-0.2, -0.15) is 0 Å². The van der Waals surface area contributed by atoms with E-state index >= 15 is 0 Å². The molecule has 0 saturated heterocycles. The molecule has 0 aliphatic carbocycles. The minimum Gasteiger partial charge on any atom is -0.424 e. The van der Waals surface area contributed by atoms with Crippen LogP contribution >= 0.6 is 0 Å². The number of rotatable bonds is 7. The average molecular weight is 258 g/mol. The van der Waals surface area contributed by atoms with Gasteiger partial charge in [0.2, 0.25) is 0 Å². The number of carbonyl (C=O) groups is 1. The lowest BCUT2D eigenvalue weighted by Crippen LogP contribution is -2.10. The maximum Gasteiger partial charge on any atom is 0.343 e. The molecule has 3 N–H and O–H groups in total. The van der Waals surface area contributed by atoms with Crippen LogP contribution in [0.4, 0.5) is 0 Å². The zero-order valence-electron chi connectivity index (χ0n) is 11.0. The van der Waals surface area contributed by atoms with E-state index in [4.69, 9.17) is 15.9 Å². The molecular formula is C15H18N2O2. The molecule has 0 rings (SSSR count). The van der Waals surface area contributed by atoms with Gasteiger partial charge in [-0.1, -0.05) is 38.0 Å². The first kappa shape index (κ1) is 16.4. The van der Waals surface area contributed by atoms with Gasteiger partial charge in [0.1, 0.15) is 11.6 Å². The maximum atomic E-state index is 11.7.